The van der Waals surface area contributed by atoms with Gasteiger partial charge in [-0.2, -0.15) is 0 Å². The van der Waals surface area contributed by atoms with E-state index in [-0.39, 0.29) is 5.95 Å². The van der Waals surface area contributed by atoms with Gasteiger partial charge in [0.05, 0.1) is 6.54 Å². The number of carbonyl (C=O) groups excluding carboxylic acids is 1. The first-order chi connectivity index (χ1) is 7.37. The third-order valence-electron chi connectivity index (χ3n) is 1.56. The van der Waals surface area contributed by atoms with Crippen LogP contribution in [0.2, 0.25) is 0 Å². The van der Waals surface area contributed by atoms with Crippen molar-refractivity contribution in [3.05, 3.63) is 6.33 Å². The predicted molar refractivity (Wildman–Crippen MR) is 58.7 cm³/mol. The van der Waals surface area contributed by atoms with Gasteiger partial charge in [-0.3, -0.25) is 0 Å². The quantitative estimate of drug-likeness (QED) is 0.778. The number of nitrogens with zero attached hydrogens (tertiary/aromatic N) is 3. The summed E-state index contributed by atoms with van der Waals surface area (Å²) in [6, 6.07) is 0. The number of aromatic nitrogens is 3. The number of rotatable bonds is 3. The summed E-state index contributed by atoms with van der Waals surface area (Å²) in [4.78, 5) is 15.0. The van der Waals surface area contributed by atoms with Crippen molar-refractivity contribution in [3.63, 3.8) is 0 Å². The van der Waals surface area contributed by atoms with Crippen molar-refractivity contribution in [2.24, 2.45) is 0 Å². The Balaban J connectivity index is 2.23. The molecule has 90 valence electrons. The van der Waals surface area contributed by atoms with E-state index < -0.39 is 11.7 Å². The Morgan fingerprint density at radius 1 is 1.62 bits per heavy atom. The lowest BCUT2D eigenvalue weighted by Crippen LogP contribution is -2.34. The summed E-state index contributed by atoms with van der Waals surface area (Å²) in [5, 5.41) is 6.48. The van der Waals surface area contributed by atoms with Crippen molar-refractivity contribution in [3.8, 4) is 0 Å². The van der Waals surface area contributed by atoms with E-state index in [1.807, 2.05) is 20.8 Å². The molecule has 0 spiro atoms. The molecule has 7 nitrogen and oxygen atoms in total. The lowest BCUT2D eigenvalue weighted by molar-refractivity contribution is 0.0525. The van der Waals surface area contributed by atoms with Crippen molar-refractivity contribution < 1.29 is 9.53 Å². The van der Waals surface area contributed by atoms with Crippen LogP contribution in [0, 0.1) is 0 Å². The van der Waals surface area contributed by atoms with Crippen LogP contribution in [0.5, 0.6) is 0 Å². The van der Waals surface area contributed by atoms with Crippen LogP contribution in [0.15, 0.2) is 6.33 Å². The molecule has 0 saturated heterocycles. The summed E-state index contributed by atoms with van der Waals surface area (Å²) < 4.78 is 6.61. The Morgan fingerprint density at radius 3 is 2.81 bits per heavy atom. The molecular weight excluding hydrogens is 210 g/mol. The largest absolute Gasteiger partial charge is 0.444 e. The molecule has 0 atom stereocenters. The van der Waals surface area contributed by atoms with Crippen LogP contribution in [0.25, 0.3) is 0 Å². The number of ether oxygens (including phenoxy) is 1. The normalized spacial score (nSPS) is 11.2. The summed E-state index contributed by atoms with van der Waals surface area (Å²) >= 11 is 0. The van der Waals surface area contributed by atoms with Gasteiger partial charge in [-0.15, -0.1) is 5.10 Å². The van der Waals surface area contributed by atoms with Gasteiger partial charge in [0.15, 0.2) is 0 Å². The van der Waals surface area contributed by atoms with E-state index in [9.17, 15) is 4.79 Å². The van der Waals surface area contributed by atoms with Crippen LogP contribution in [0.4, 0.5) is 10.7 Å². The molecular formula is C9H17N5O2. The number of hydrogen-bond acceptors (Lipinski definition) is 5. The molecule has 1 aromatic rings. The first-order valence-corrected chi connectivity index (χ1v) is 4.98. The second-order valence-electron chi connectivity index (χ2n) is 4.29. The molecule has 1 rings (SSSR count). The first kappa shape index (κ1) is 12.3. The van der Waals surface area contributed by atoms with Crippen molar-refractivity contribution >= 4 is 12.0 Å². The van der Waals surface area contributed by atoms with Crippen molar-refractivity contribution in [2.45, 2.75) is 32.9 Å². The molecule has 0 aliphatic heterocycles. The smallest absolute Gasteiger partial charge is 0.407 e. The van der Waals surface area contributed by atoms with Crippen molar-refractivity contribution in [2.75, 3.05) is 12.3 Å². The topological polar surface area (TPSA) is 95.1 Å². The van der Waals surface area contributed by atoms with Gasteiger partial charge in [-0.25, -0.2) is 14.5 Å². The first-order valence-electron chi connectivity index (χ1n) is 4.98. The molecule has 0 aliphatic carbocycles. The van der Waals surface area contributed by atoms with E-state index in [0.717, 1.165) is 0 Å². The molecule has 0 aromatic carbocycles. The van der Waals surface area contributed by atoms with Gasteiger partial charge in [0.2, 0.25) is 5.95 Å². The Morgan fingerprint density at radius 2 is 2.31 bits per heavy atom. The van der Waals surface area contributed by atoms with Crippen LogP contribution in [-0.4, -0.2) is 33.0 Å². The van der Waals surface area contributed by atoms with Gasteiger partial charge in [0.1, 0.15) is 11.9 Å². The van der Waals surface area contributed by atoms with E-state index in [1.54, 1.807) is 4.68 Å². The lowest BCUT2D eigenvalue weighted by atomic mass is 10.2. The van der Waals surface area contributed by atoms with E-state index in [0.29, 0.717) is 13.1 Å². The average molecular weight is 227 g/mol. The van der Waals surface area contributed by atoms with Crippen LogP contribution in [0.3, 0.4) is 0 Å². The Hall–Kier alpha value is -1.79. The number of alkyl carbamates (subject to hydrolysis) is 1. The van der Waals surface area contributed by atoms with Gasteiger partial charge in [0.25, 0.3) is 0 Å². The fourth-order valence-corrected chi connectivity index (χ4v) is 1.00. The van der Waals surface area contributed by atoms with Crippen molar-refractivity contribution in [1.82, 2.24) is 20.1 Å². The minimum absolute atomic E-state index is 0.220. The summed E-state index contributed by atoms with van der Waals surface area (Å²) in [5.41, 5.74) is 4.85. The second kappa shape index (κ2) is 4.82. The molecule has 1 amide bonds. The highest BCUT2D eigenvalue weighted by atomic mass is 16.6. The van der Waals surface area contributed by atoms with Gasteiger partial charge < -0.3 is 15.8 Å². The van der Waals surface area contributed by atoms with Gasteiger partial charge in [-0.05, 0) is 20.8 Å². The Bertz CT molecular complexity index is 355. The van der Waals surface area contributed by atoms with E-state index in [1.165, 1.54) is 6.33 Å². The lowest BCUT2D eigenvalue weighted by Gasteiger charge is -2.19. The van der Waals surface area contributed by atoms with Crippen LogP contribution >= 0.6 is 0 Å². The SMILES string of the molecule is CC(C)(C)OC(=O)NCCn1cnc(N)n1. The molecule has 0 saturated carbocycles. The monoisotopic (exact) mass is 227 g/mol. The number of hydrogen-bond donors (Lipinski definition) is 2. The van der Waals surface area contributed by atoms with E-state index >= 15 is 0 Å². The minimum Gasteiger partial charge on any atom is -0.444 e. The molecule has 0 unspecified atom stereocenters. The number of amides is 1. The number of anilines is 1. The summed E-state index contributed by atoms with van der Waals surface area (Å²) in [6.07, 6.45) is 1.06. The molecule has 16 heavy (non-hydrogen) atoms. The number of nitrogens with two attached hydrogens (primary N) is 1. The third-order valence-corrected chi connectivity index (χ3v) is 1.56. The average Bonchev–Trinajstić information content (AvgIpc) is 2.48. The predicted octanol–water partition coefficient (Wildman–Crippen LogP) is 0.385. The van der Waals surface area contributed by atoms with Crippen LogP contribution < -0.4 is 11.1 Å². The summed E-state index contributed by atoms with van der Waals surface area (Å²) in [5.74, 6) is 0.220. The maximum atomic E-state index is 11.3. The highest BCUT2D eigenvalue weighted by molar-refractivity contribution is 5.67. The second-order valence-corrected chi connectivity index (χ2v) is 4.29. The Labute approximate surface area is 94.0 Å². The summed E-state index contributed by atoms with van der Waals surface area (Å²) in [7, 11) is 0. The van der Waals surface area contributed by atoms with E-state index in [4.69, 9.17) is 10.5 Å². The zero-order valence-electron chi connectivity index (χ0n) is 9.73. The number of nitrogens with one attached hydrogen (secondary N) is 1. The maximum Gasteiger partial charge on any atom is 0.407 e. The van der Waals surface area contributed by atoms with E-state index in [2.05, 4.69) is 15.4 Å². The summed E-state index contributed by atoms with van der Waals surface area (Å²) in [6.45, 7) is 6.35. The number of nitrogen functional groups attached to an aromatic ring is 1. The van der Waals surface area contributed by atoms with Gasteiger partial charge in [0, 0.05) is 6.54 Å². The molecule has 7 heteroatoms. The fourth-order valence-electron chi connectivity index (χ4n) is 1.00. The molecule has 0 aliphatic rings. The zero-order chi connectivity index (χ0) is 12.2. The minimum atomic E-state index is -0.484. The van der Waals surface area contributed by atoms with Gasteiger partial charge in [-0.1, -0.05) is 0 Å². The molecule has 3 N–H and O–H groups in total. The Kier molecular flexibility index (Phi) is 3.70. The standard InChI is InChI=1S/C9H17N5O2/c1-9(2,3)16-8(15)11-4-5-14-6-12-7(10)13-14/h6H,4-5H2,1-3H3,(H2,10,13)(H,11,15). The molecule has 1 heterocycles. The third kappa shape index (κ3) is 4.63. The molecule has 0 radical (unpaired) electrons. The number of carbonyl (C=O) groups is 1. The molecule has 1 aromatic heterocycles. The fraction of sp³-hybridized carbons (Fsp3) is 0.667. The highest BCUT2D eigenvalue weighted by Gasteiger charge is 2.15. The maximum absolute atomic E-state index is 11.3. The molecule has 0 bridgehead atoms. The van der Waals surface area contributed by atoms with Crippen LogP contribution in [0.1, 0.15) is 20.8 Å². The zero-order valence-corrected chi connectivity index (χ0v) is 9.73. The van der Waals surface area contributed by atoms with Gasteiger partial charge >= 0.3 is 6.09 Å². The van der Waals surface area contributed by atoms with Crippen LogP contribution in [-0.2, 0) is 11.3 Å². The highest BCUT2D eigenvalue weighted by Crippen LogP contribution is 2.06. The molecule has 0 fully saturated rings. The van der Waals surface area contributed by atoms with Crippen molar-refractivity contribution in [1.29, 1.82) is 0 Å².